The van der Waals surface area contributed by atoms with E-state index in [2.05, 4.69) is 25.8 Å². The lowest BCUT2D eigenvalue weighted by molar-refractivity contribution is 0.345. The molecular weight excluding hydrogens is 390 g/mol. The fourth-order valence-corrected chi connectivity index (χ4v) is 5.21. The summed E-state index contributed by atoms with van der Waals surface area (Å²) < 4.78 is 31.4. The van der Waals surface area contributed by atoms with Crippen molar-refractivity contribution in [3.05, 3.63) is 39.1 Å². The monoisotopic (exact) mass is 413 g/mol. The van der Waals surface area contributed by atoms with Gasteiger partial charge in [-0.25, -0.2) is 8.42 Å². The second-order valence-corrected chi connectivity index (χ2v) is 9.64. The van der Waals surface area contributed by atoms with Gasteiger partial charge in [-0.15, -0.1) is 0 Å². The number of anilines is 1. The number of hydrogen-bond acceptors (Lipinski definition) is 3. The van der Waals surface area contributed by atoms with Crippen molar-refractivity contribution in [3.63, 3.8) is 0 Å². The molecule has 1 aromatic heterocycles. The van der Waals surface area contributed by atoms with Crippen LogP contribution in [-0.4, -0.2) is 18.2 Å². The van der Waals surface area contributed by atoms with Gasteiger partial charge in [0.05, 0.1) is 22.6 Å². The predicted molar refractivity (Wildman–Crippen MR) is 101 cm³/mol. The minimum absolute atomic E-state index is 0.249. The van der Waals surface area contributed by atoms with Gasteiger partial charge in [-0.3, -0.25) is 9.40 Å². The summed E-state index contributed by atoms with van der Waals surface area (Å²) in [5.74, 6) is 0. The summed E-state index contributed by atoms with van der Waals surface area (Å²) in [6, 6.07) is 3.78. The number of nitrogens with zero attached hydrogens (tertiary/aromatic N) is 2. The predicted octanol–water partition coefficient (Wildman–Crippen LogP) is 4.44. The third kappa shape index (κ3) is 3.52. The Bertz CT molecular complexity index is 870. The van der Waals surface area contributed by atoms with Crippen molar-refractivity contribution in [1.82, 2.24) is 9.78 Å². The van der Waals surface area contributed by atoms with E-state index in [9.17, 15) is 8.42 Å². The quantitative estimate of drug-likeness (QED) is 0.808. The van der Waals surface area contributed by atoms with Crippen molar-refractivity contribution >= 4 is 31.6 Å². The van der Waals surface area contributed by atoms with E-state index in [1.165, 1.54) is 0 Å². The lowest BCUT2D eigenvalue weighted by Gasteiger charge is -2.21. The average Bonchev–Trinajstić information content (AvgIpc) is 2.69. The molecule has 0 aliphatic carbocycles. The largest absolute Gasteiger partial charge is 0.279 e. The molecule has 0 aliphatic heterocycles. The molecule has 2 rings (SSSR count). The first-order valence-corrected chi connectivity index (χ1v) is 9.98. The molecule has 0 amide bonds. The van der Waals surface area contributed by atoms with Gasteiger partial charge in [-0.05, 0) is 71.7 Å². The van der Waals surface area contributed by atoms with Crippen LogP contribution in [0.4, 0.5) is 5.69 Å². The fraction of sp³-hybridized carbons (Fsp3) is 0.471. The summed E-state index contributed by atoms with van der Waals surface area (Å²) in [5, 5.41) is 4.44. The third-order valence-corrected chi connectivity index (χ3v) is 5.92. The molecule has 0 radical (unpaired) electrons. The summed E-state index contributed by atoms with van der Waals surface area (Å²) >= 11 is 3.43. The van der Waals surface area contributed by atoms with Crippen LogP contribution in [0.3, 0.4) is 0 Å². The number of benzene rings is 1. The van der Waals surface area contributed by atoms with Crippen LogP contribution in [0.1, 0.15) is 43.3 Å². The molecule has 0 unspecified atom stereocenters. The van der Waals surface area contributed by atoms with E-state index >= 15 is 0 Å². The van der Waals surface area contributed by atoms with Crippen molar-refractivity contribution in [3.8, 4) is 0 Å². The zero-order chi connectivity index (χ0) is 18.4. The minimum Gasteiger partial charge on any atom is -0.279 e. The Balaban J connectivity index is 2.56. The smallest absolute Gasteiger partial charge is 0.265 e. The van der Waals surface area contributed by atoms with E-state index < -0.39 is 10.0 Å². The molecule has 0 saturated carbocycles. The highest BCUT2D eigenvalue weighted by atomic mass is 79.9. The van der Waals surface area contributed by atoms with E-state index in [0.29, 0.717) is 17.1 Å². The van der Waals surface area contributed by atoms with Gasteiger partial charge in [-0.2, -0.15) is 5.10 Å². The van der Waals surface area contributed by atoms with Crippen LogP contribution in [0.5, 0.6) is 0 Å². The van der Waals surface area contributed by atoms with Gasteiger partial charge in [-0.1, -0.05) is 15.9 Å². The second-order valence-electron chi connectivity index (χ2n) is 7.10. The minimum atomic E-state index is -3.72. The van der Waals surface area contributed by atoms with Crippen LogP contribution in [-0.2, 0) is 15.6 Å². The van der Waals surface area contributed by atoms with Crippen LogP contribution in [0.2, 0.25) is 0 Å². The zero-order valence-corrected chi connectivity index (χ0v) is 17.6. The molecule has 0 fully saturated rings. The summed E-state index contributed by atoms with van der Waals surface area (Å²) in [4.78, 5) is 0.249. The van der Waals surface area contributed by atoms with Crippen LogP contribution in [0.25, 0.3) is 0 Å². The molecule has 1 N–H and O–H groups in total. The lowest BCUT2D eigenvalue weighted by Crippen LogP contribution is -2.25. The van der Waals surface area contributed by atoms with Gasteiger partial charge in [0.25, 0.3) is 10.0 Å². The maximum atomic E-state index is 13.0. The number of rotatable bonds is 3. The molecular formula is C17H24BrN3O2S. The Hall–Kier alpha value is -1.34. The molecule has 1 aromatic carbocycles. The highest BCUT2D eigenvalue weighted by Crippen LogP contribution is 2.30. The van der Waals surface area contributed by atoms with E-state index in [1.54, 1.807) is 18.5 Å². The molecule has 2 aromatic rings. The summed E-state index contributed by atoms with van der Waals surface area (Å²) in [6.45, 7) is 13.3. The van der Waals surface area contributed by atoms with Crippen molar-refractivity contribution in [1.29, 1.82) is 0 Å². The van der Waals surface area contributed by atoms with Crippen molar-refractivity contribution < 1.29 is 8.42 Å². The maximum Gasteiger partial charge on any atom is 0.265 e. The highest BCUT2D eigenvalue weighted by Gasteiger charge is 2.29. The molecule has 132 valence electrons. The molecule has 24 heavy (non-hydrogen) atoms. The molecule has 0 saturated heterocycles. The Kier molecular flexibility index (Phi) is 4.89. The first-order chi connectivity index (χ1) is 10.8. The number of sulfonamides is 1. The van der Waals surface area contributed by atoms with E-state index in [4.69, 9.17) is 0 Å². The van der Waals surface area contributed by atoms with Gasteiger partial charge in [0.2, 0.25) is 0 Å². The molecule has 1 heterocycles. The van der Waals surface area contributed by atoms with Crippen molar-refractivity contribution in [2.45, 2.75) is 58.9 Å². The normalized spacial score (nSPS) is 12.5. The molecule has 0 aliphatic rings. The van der Waals surface area contributed by atoms with Crippen LogP contribution in [0, 0.1) is 27.7 Å². The summed E-state index contributed by atoms with van der Waals surface area (Å²) in [5.41, 5.74) is 3.20. The first kappa shape index (κ1) is 19.0. The number of aromatic nitrogens is 2. The average molecular weight is 414 g/mol. The Morgan fingerprint density at radius 1 is 1.08 bits per heavy atom. The molecule has 7 heteroatoms. The molecule has 0 spiro atoms. The van der Waals surface area contributed by atoms with Gasteiger partial charge in [0.1, 0.15) is 4.90 Å². The Morgan fingerprint density at radius 3 is 2.00 bits per heavy atom. The highest BCUT2D eigenvalue weighted by molar-refractivity contribution is 9.10. The van der Waals surface area contributed by atoms with Gasteiger partial charge >= 0.3 is 0 Å². The zero-order valence-electron chi connectivity index (χ0n) is 15.2. The number of halogens is 1. The first-order valence-electron chi connectivity index (χ1n) is 7.71. The molecule has 0 bridgehead atoms. The number of nitrogens with one attached hydrogen (secondary N) is 1. The van der Waals surface area contributed by atoms with Crippen molar-refractivity contribution in [2.24, 2.45) is 0 Å². The van der Waals surface area contributed by atoms with E-state index in [-0.39, 0.29) is 10.4 Å². The van der Waals surface area contributed by atoms with Crippen LogP contribution < -0.4 is 4.72 Å². The molecule has 5 nitrogen and oxygen atoms in total. The summed E-state index contributed by atoms with van der Waals surface area (Å²) in [7, 11) is -3.72. The van der Waals surface area contributed by atoms with Gasteiger partial charge in [0.15, 0.2) is 0 Å². The second kappa shape index (κ2) is 6.19. The topological polar surface area (TPSA) is 64.0 Å². The Labute approximate surface area is 152 Å². The lowest BCUT2D eigenvalue weighted by atomic mass is 10.1. The standard InChI is InChI=1S/C17H24BrN3O2S/c1-10-8-14(18)9-11(2)15(10)20-24(22,23)16-12(3)19-21(13(16)4)17(5,6)7/h8-9,20H,1-7H3. The number of hydrogen-bond donors (Lipinski definition) is 1. The maximum absolute atomic E-state index is 13.0. The summed E-state index contributed by atoms with van der Waals surface area (Å²) in [6.07, 6.45) is 0. The van der Waals surface area contributed by atoms with Gasteiger partial charge in [0, 0.05) is 4.47 Å². The van der Waals surface area contributed by atoms with Crippen LogP contribution in [0.15, 0.2) is 21.5 Å². The molecule has 0 atom stereocenters. The van der Waals surface area contributed by atoms with Crippen LogP contribution >= 0.6 is 15.9 Å². The van der Waals surface area contributed by atoms with E-state index in [1.807, 2.05) is 46.8 Å². The van der Waals surface area contributed by atoms with Gasteiger partial charge < -0.3 is 0 Å². The Morgan fingerprint density at radius 2 is 1.58 bits per heavy atom. The number of aryl methyl sites for hydroxylation is 3. The van der Waals surface area contributed by atoms with Crippen molar-refractivity contribution in [2.75, 3.05) is 4.72 Å². The van der Waals surface area contributed by atoms with E-state index in [0.717, 1.165) is 15.6 Å². The fourth-order valence-electron chi connectivity index (χ4n) is 2.93. The SMILES string of the molecule is Cc1cc(Br)cc(C)c1NS(=O)(=O)c1c(C)nn(C(C)(C)C)c1C. The third-order valence-electron chi connectivity index (χ3n) is 3.86.